The number of hydrogen-bond donors (Lipinski definition) is 0. The quantitative estimate of drug-likeness (QED) is 0.499. The van der Waals surface area contributed by atoms with Gasteiger partial charge >= 0.3 is 6.16 Å². The number of rotatable bonds is 7. The summed E-state index contributed by atoms with van der Waals surface area (Å²) in [6, 6.07) is 0. The molecule has 0 aromatic heterocycles. The van der Waals surface area contributed by atoms with E-state index in [4.69, 9.17) is 9.47 Å². The molecule has 0 spiro atoms. The first-order valence-corrected chi connectivity index (χ1v) is 8.56. The Bertz CT molecular complexity index is 377. The zero-order valence-corrected chi connectivity index (χ0v) is 13.9. The third-order valence-corrected chi connectivity index (χ3v) is 5.37. The molecule has 120 valence electrons. The van der Waals surface area contributed by atoms with Gasteiger partial charge in [0.25, 0.3) is 0 Å². The van der Waals surface area contributed by atoms with Crippen molar-refractivity contribution in [2.24, 2.45) is 29.6 Å². The van der Waals surface area contributed by atoms with Crippen molar-refractivity contribution in [3.05, 3.63) is 12.2 Å². The molecule has 3 nitrogen and oxygen atoms in total. The van der Waals surface area contributed by atoms with Crippen LogP contribution in [-0.4, -0.2) is 18.9 Å². The highest BCUT2D eigenvalue weighted by atomic mass is 16.7. The maximum atomic E-state index is 12.0. The fraction of sp³-hybridized carbons (Fsp3) is 0.833. The van der Waals surface area contributed by atoms with E-state index in [1.165, 1.54) is 6.42 Å². The minimum atomic E-state index is -0.479. The van der Waals surface area contributed by atoms with Crippen molar-refractivity contribution in [2.45, 2.75) is 59.5 Å². The summed E-state index contributed by atoms with van der Waals surface area (Å²) >= 11 is 0. The summed E-state index contributed by atoms with van der Waals surface area (Å²) in [4.78, 5) is 12.0. The van der Waals surface area contributed by atoms with E-state index in [-0.39, 0.29) is 6.10 Å². The molecule has 0 heterocycles. The van der Waals surface area contributed by atoms with Gasteiger partial charge in [-0.25, -0.2) is 4.79 Å². The van der Waals surface area contributed by atoms with Crippen LogP contribution < -0.4 is 0 Å². The summed E-state index contributed by atoms with van der Waals surface area (Å²) < 4.78 is 11.0. The molecule has 0 N–H and O–H groups in total. The molecule has 0 saturated heterocycles. The zero-order valence-electron chi connectivity index (χ0n) is 13.9. The van der Waals surface area contributed by atoms with Crippen molar-refractivity contribution in [1.82, 2.24) is 0 Å². The Morgan fingerprint density at radius 1 is 1.19 bits per heavy atom. The largest absolute Gasteiger partial charge is 0.508 e. The van der Waals surface area contributed by atoms with Crippen LogP contribution in [-0.2, 0) is 9.47 Å². The van der Waals surface area contributed by atoms with Crippen LogP contribution in [0.4, 0.5) is 4.79 Å². The van der Waals surface area contributed by atoms with Crippen LogP contribution in [0.5, 0.6) is 0 Å². The molecule has 0 aliphatic heterocycles. The van der Waals surface area contributed by atoms with E-state index in [0.29, 0.717) is 36.2 Å². The second kappa shape index (κ2) is 7.33. The van der Waals surface area contributed by atoms with Crippen molar-refractivity contribution in [3.63, 3.8) is 0 Å². The summed E-state index contributed by atoms with van der Waals surface area (Å²) in [5, 5.41) is 0. The summed E-state index contributed by atoms with van der Waals surface area (Å²) in [7, 11) is 0. The third-order valence-electron chi connectivity index (χ3n) is 5.37. The van der Waals surface area contributed by atoms with E-state index in [1.54, 1.807) is 0 Å². The molecule has 0 amide bonds. The Balaban J connectivity index is 1.91. The van der Waals surface area contributed by atoms with Gasteiger partial charge in [0.2, 0.25) is 0 Å². The second-order valence-electron chi connectivity index (χ2n) is 6.99. The van der Waals surface area contributed by atoms with Crippen molar-refractivity contribution in [3.8, 4) is 0 Å². The van der Waals surface area contributed by atoms with Gasteiger partial charge in [-0.2, -0.15) is 0 Å². The summed E-state index contributed by atoms with van der Waals surface area (Å²) in [6.07, 6.45) is 8.61. The summed E-state index contributed by atoms with van der Waals surface area (Å²) in [6.45, 7) is 8.99. The number of fused-ring (bicyclic) bond motifs is 2. The van der Waals surface area contributed by atoms with Gasteiger partial charge in [-0.05, 0) is 36.5 Å². The van der Waals surface area contributed by atoms with Gasteiger partial charge in [-0.1, -0.05) is 52.7 Å². The van der Waals surface area contributed by atoms with Gasteiger partial charge in [-0.3, -0.25) is 0 Å². The van der Waals surface area contributed by atoms with Gasteiger partial charge in [0.15, 0.2) is 0 Å². The predicted molar refractivity (Wildman–Crippen MR) is 84.0 cm³/mol. The van der Waals surface area contributed by atoms with E-state index in [0.717, 1.165) is 19.3 Å². The zero-order chi connectivity index (χ0) is 15.4. The van der Waals surface area contributed by atoms with Crippen molar-refractivity contribution >= 4 is 6.16 Å². The van der Waals surface area contributed by atoms with Crippen molar-refractivity contribution < 1.29 is 14.3 Å². The van der Waals surface area contributed by atoms with Crippen LogP contribution in [0.25, 0.3) is 0 Å². The van der Waals surface area contributed by atoms with Crippen LogP contribution >= 0.6 is 0 Å². The highest BCUT2D eigenvalue weighted by molar-refractivity contribution is 5.60. The Morgan fingerprint density at radius 3 is 2.48 bits per heavy atom. The molecule has 2 aliphatic rings. The minimum absolute atomic E-state index is 0.000572. The molecular formula is C18H30O3. The van der Waals surface area contributed by atoms with Crippen LogP contribution in [0.3, 0.4) is 0 Å². The average Bonchev–Trinajstić information content (AvgIpc) is 3.12. The monoisotopic (exact) mass is 294 g/mol. The first kappa shape index (κ1) is 16.4. The lowest BCUT2D eigenvalue weighted by Crippen LogP contribution is -2.35. The van der Waals surface area contributed by atoms with Crippen molar-refractivity contribution in [2.75, 3.05) is 6.61 Å². The van der Waals surface area contributed by atoms with Gasteiger partial charge in [0.05, 0.1) is 6.61 Å². The molecule has 2 bridgehead atoms. The lowest BCUT2D eigenvalue weighted by Gasteiger charge is -2.32. The maximum absolute atomic E-state index is 12.0. The molecule has 6 atom stereocenters. The van der Waals surface area contributed by atoms with Crippen LogP contribution in [0.15, 0.2) is 12.2 Å². The number of hydrogen-bond acceptors (Lipinski definition) is 3. The van der Waals surface area contributed by atoms with Gasteiger partial charge in [0, 0.05) is 5.92 Å². The Kier molecular flexibility index (Phi) is 5.72. The third kappa shape index (κ3) is 4.02. The van der Waals surface area contributed by atoms with Gasteiger partial charge in [0.1, 0.15) is 6.10 Å². The lowest BCUT2D eigenvalue weighted by atomic mass is 9.82. The molecule has 0 radical (unpaired) electrons. The Hall–Kier alpha value is -0.990. The minimum Gasteiger partial charge on any atom is -0.434 e. The molecule has 2 rings (SSSR count). The van der Waals surface area contributed by atoms with E-state index in [1.807, 2.05) is 0 Å². The van der Waals surface area contributed by atoms with Crippen LogP contribution in [0, 0.1) is 29.6 Å². The topological polar surface area (TPSA) is 35.5 Å². The van der Waals surface area contributed by atoms with Crippen LogP contribution in [0.1, 0.15) is 53.4 Å². The number of carbonyl (C=O) groups is 1. The molecule has 1 saturated carbocycles. The predicted octanol–water partition coefficient (Wildman–Crippen LogP) is 4.81. The molecule has 21 heavy (non-hydrogen) atoms. The summed E-state index contributed by atoms with van der Waals surface area (Å²) in [5.74, 6) is 2.55. The van der Waals surface area contributed by atoms with E-state index in [2.05, 4.69) is 39.8 Å². The fourth-order valence-electron chi connectivity index (χ4n) is 3.53. The summed E-state index contributed by atoms with van der Waals surface area (Å²) in [5.41, 5.74) is 0. The van der Waals surface area contributed by atoms with E-state index in [9.17, 15) is 4.79 Å². The smallest absolute Gasteiger partial charge is 0.434 e. The highest BCUT2D eigenvalue weighted by Crippen LogP contribution is 2.47. The van der Waals surface area contributed by atoms with E-state index < -0.39 is 6.16 Å². The molecule has 2 aliphatic carbocycles. The molecular weight excluding hydrogens is 264 g/mol. The number of ether oxygens (including phenoxy) is 2. The average molecular weight is 294 g/mol. The molecule has 0 aromatic carbocycles. The fourth-order valence-corrected chi connectivity index (χ4v) is 3.53. The molecule has 6 unspecified atom stereocenters. The first-order chi connectivity index (χ1) is 10.0. The lowest BCUT2D eigenvalue weighted by molar-refractivity contribution is -0.0299. The standard InChI is InChI=1S/C18H30O3/c1-5-12(3)11-20-18(19)21-17(13(4)6-2)16-10-14-7-8-15(16)9-14/h7-8,12-17H,5-6,9-11H2,1-4H3. The van der Waals surface area contributed by atoms with Gasteiger partial charge < -0.3 is 9.47 Å². The molecule has 0 aromatic rings. The first-order valence-electron chi connectivity index (χ1n) is 8.56. The Labute approximate surface area is 129 Å². The number of carbonyl (C=O) groups excluding carboxylic acids is 1. The van der Waals surface area contributed by atoms with Crippen LogP contribution in [0.2, 0.25) is 0 Å². The maximum Gasteiger partial charge on any atom is 0.508 e. The SMILES string of the molecule is CCC(C)COC(=O)OC(C(C)CC)C1CC2C=CC1C2. The highest BCUT2D eigenvalue weighted by Gasteiger charge is 2.43. The van der Waals surface area contributed by atoms with E-state index >= 15 is 0 Å². The molecule has 1 fully saturated rings. The molecule has 3 heteroatoms. The van der Waals surface area contributed by atoms with Crippen molar-refractivity contribution in [1.29, 1.82) is 0 Å². The second-order valence-corrected chi connectivity index (χ2v) is 6.99. The van der Waals surface area contributed by atoms with Gasteiger partial charge in [-0.15, -0.1) is 0 Å². The Morgan fingerprint density at radius 2 is 1.95 bits per heavy atom. The normalized spacial score (nSPS) is 31.0. The number of allylic oxidation sites excluding steroid dienone is 2.